The van der Waals surface area contributed by atoms with Crippen LogP contribution >= 0.6 is 7.75 Å². The summed E-state index contributed by atoms with van der Waals surface area (Å²) in [5, 5.41) is 0. The second-order valence-corrected chi connectivity index (χ2v) is 3.62. The first-order valence-electron chi connectivity index (χ1n) is 3.74. The van der Waals surface area contributed by atoms with Crippen LogP contribution in [0.4, 0.5) is 0 Å². The molecule has 0 saturated carbocycles. The summed E-state index contributed by atoms with van der Waals surface area (Å²) in [5.41, 5.74) is 4.94. The lowest BCUT2D eigenvalue weighted by atomic mass is 10.5. The van der Waals surface area contributed by atoms with E-state index in [1.54, 1.807) is 0 Å². The number of nitrogens with two attached hydrogens (primary N) is 1. The van der Waals surface area contributed by atoms with E-state index in [1.165, 1.54) is 13.8 Å². The summed E-state index contributed by atoms with van der Waals surface area (Å²) in [7, 11) is -4.04. The van der Waals surface area contributed by atoms with Crippen LogP contribution in [-0.4, -0.2) is 11.9 Å². The van der Waals surface area contributed by atoms with E-state index in [9.17, 15) is 14.2 Å². The Kier molecular flexibility index (Phi) is 4.66. The predicted octanol–water partition coefficient (Wildman–Crippen LogP) is 0.960. The van der Waals surface area contributed by atoms with Gasteiger partial charge in [-0.2, -0.15) is 0 Å². The zero-order chi connectivity index (χ0) is 10.5. The zero-order valence-corrected chi connectivity index (χ0v) is 8.37. The van der Waals surface area contributed by atoms with Crippen LogP contribution in [0.1, 0.15) is 26.7 Å². The zero-order valence-electron chi connectivity index (χ0n) is 7.48. The van der Waals surface area contributed by atoms with Gasteiger partial charge in [-0.05, 0) is 0 Å². The summed E-state index contributed by atoms with van der Waals surface area (Å²) in [4.78, 5) is 21.3. The fraction of sp³-hybridized carbons (Fsp3) is 0.667. The normalized spacial score (nSPS) is 10.7. The van der Waals surface area contributed by atoms with Gasteiger partial charge in [0.25, 0.3) is 0 Å². The highest BCUT2D eigenvalue weighted by Crippen LogP contribution is 2.39. The van der Waals surface area contributed by atoms with Crippen molar-refractivity contribution in [3.05, 3.63) is 0 Å². The van der Waals surface area contributed by atoms with Crippen LogP contribution in [0.2, 0.25) is 0 Å². The van der Waals surface area contributed by atoms with Crippen molar-refractivity contribution in [3.8, 4) is 0 Å². The van der Waals surface area contributed by atoms with Gasteiger partial charge in [-0.3, -0.25) is 9.59 Å². The number of carbonyl (C=O) groups is 2. The predicted molar refractivity (Wildman–Crippen MR) is 44.6 cm³/mol. The molecule has 0 saturated heterocycles. The van der Waals surface area contributed by atoms with Crippen molar-refractivity contribution in [2.45, 2.75) is 26.7 Å². The first-order valence-corrected chi connectivity index (χ1v) is 5.36. The highest BCUT2D eigenvalue weighted by atomic mass is 31.2. The van der Waals surface area contributed by atoms with Gasteiger partial charge in [-0.15, -0.1) is 0 Å². The van der Waals surface area contributed by atoms with Crippen LogP contribution in [0.15, 0.2) is 0 Å². The molecule has 2 N–H and O–H groups in total. The van der Waals surface area contributed by atoms with Crippen LogP contribution in [0.5, 0.6) is 0 Å². The Morgan fingerprint density at radius 1 is 1.15 bits per heavy atom. The summed E-state index contributed by atoms with van der Waals surface area (Å²) in [6, 6.07) is 0. The van der Waals surface area contributed by atoms with Crippen molar-refractivity contribution in [2.24, 2.45) is 5.50 Å². The Morgan fingerprint density at radius 3 is 1.69 bits per heavy atom. The van der Waals surface area contributed by atoms with Gasteiger partial charge in [0.1, 0.15) is 0 Å². The lowest BCUT2D eigenvalue weighted by molar-refractivity contribution is -0.138. The van der Waals surface area contributed by atoms with Crippen molar-refractivity contribution < 1.29 is 23.2 Å². The molecule has 6 nitrogen and oxygen atoms in total. The van der Waals surface area contributed by atoms with Crippen molar-refractivity contribution >= 4 is 19.7 Å². The van der Waals surface area contributed by atoms with E-state index >= 15 is 0 Å². The first kappa shape index (κ1) is 12.1. The lowest BCUT2D eigenvalue weighted by Gasteiger charge is -2.11. The van der Waals surface area contributed by atoms with E-state index in [1.807, 2.05) is 0 Å². The molecular formula is C6H12NO5P. The Hall–Kier alpha value is -0.870. The third-order valence-corrected chi connectivity index (χ3v) is 1.95. The average molecular weight is 209 g/mol. The number of hydrogen-bond donors (Lipinski definition) is 1. The van der Waals surface area contributed by atoms with Gasteiger partial charge in [-0.25, -0.2) is 10.1 Å². The minimum atomic E-state index is -4.04. The van der Waals surface area contributed by atoms with Crippen LogP contribution < -0.4 is 5.50 Å². The number of carbonyl (C=O) groups excluding carboxylic acids is 2. The van der Waals surface area contributed by atoms with E-state index in [0.717, 1.165) is 0 Å². The summed E-state index contributed by atoms with van der Waals surface area (Å²) >= 11 is 0. The number of hydrogen-bond acceptors (Lipinski definition) is 5. The molecule has 0 heterocycles. The summed E-state index contributed by atoms with van der Waals surface area (Å²) < 4.78 is 19.5. The molecule has 0 spiro atoms. The van der Waals surface area contributed by atoms with Crippen LogP contribution in [-0.2, 0) is 23.2 Å². The Balaban J connectivity index is 4.16. The molecule has 0 aliphatic heterocycles. The van der Waals surface area contributed by atoms with Crippen molar-refractivity contribution in [1.82, 2.24) is 0 Å². The Bertz CT molecular complexity index is 229. The SMILES string of the molecule is CCC(=O)OP(N)(=O)OC(=O)CC. The van der Waals surface area contributed by atoms with Crippen molar-refractivity contribution in [3.63, 3.8) is 0 Å². The first-order chi connectivity index (χ1) is 5.91. The lowest BCUT2D eigenvalue weighted by Crippen LogP contribution is -2.12. The molecule has 0 atom stereocenters. The largest absolute Gasteiger partial charge is 0.514 e. The smallest absolute Gasteiger partial charge is 0.371 e. The fourth-order valence-corrected chi connectivity index (χ4v) is 1.29. The van der Waals surface area contributed by atoms with Crippen LogP contribution in [0.25, 0.3) is 0 Å². The molecule has 0 bridgehead atoms. The minimum Gasteiger partial charge on any atom is -0.371 e. The van der Waals surface area contributed by atoms with E-state index in [4.69, 9.17) is 5.50 Å². The van der Waals surface area contributed by atoms with Gasteiger partial charge in [0, 0.05) is 12.8 Å². The van der Waals surface area contributed by atoms with E-state index in [0.29, 0.717) is 0 Å². The maximum atomic E-state index is 11.0. The minimum absolute atomic E-state index is 0.0187. The van der Waals surface area contributed by atoms with Crippen molar-refractivity contribution in [1.29, 1.82) is 0 Å². The van der Waals surface area contributed by atoms with Crippen LogP contribution in [0.3, 0.4) is 0 Å². The van der Waals surface area contributed by atoms with E-state index in [2.05, 4.69) is 9.05 Å². The van der Waals surface area contributed by atoms with Gasteiger partial charge >= 0.3 is 19.7 Å². The highest BCUT2D eigenvalue weighted by molar-refractivity contribution is 7.52. The van der Waals surface area contributed by atoms with Gasteiger partial charge in [0.2, 0.25) is 0 Å². The Morgan fingerprint density at radius 2 is 1.46 bits per heavy atom. The summed E-state index contributed by atoms with van der Waals surface area (Å²) in [5.74, 6) is -1.54. The average Bonchev–Trinajstić information content (AvgIpc) is 2.02. The molecule has 76 valence electrons. The molecule has 7 heteroatoms. The third-order valence-electron chi connectivity index (χ3n) is 1.04. The monoisotopic (exact) mass is 209 g/mol. The maximum Gasteiger partial charge on any atom is 0.514 e. The van der Waals surface area contributed by atoms with Gasteiger partial charge in [-0.1, -0.05) is 13.8 Å². The summed E-state index contributed by atoms with van der Waals surface area (Å²) in [6.07, 6.45) is 0.0374. The highest BCUT2D eigenvalue weighted by Gasteiger charge is 2.26. The van der Waals surface area contributed by atoms with Gasteiger partial charge in [0.05, 0.1) is 0 Å². The second-order valence-electron chi connectivity index (χ2n) is 2.17. The molecule has 0 aliphatic carbocycles. The molecule has 0 amide bonds. The molecule has 0 radical (unpaired) electrons. The molecule has 0 fully saturated rings. The molecule has 13 heavy (non-hydrogen) atoms. The maximum absolute atomic E-state index is 11.0. The number of rotatable bonds is 4. The summed E-state index contributed by atoms with van der Waals surface area (Å²) in [6.45, 7) is 3.01. The standard InChI is InChI=1S/C6H12NO5P/c1-3-5(8)11-13(7,10)12-6(9)4-2/h3-4H2,1-2H3,(H2,7,10). The molecular weight excluding hydrogens is 197 g/mol. The molecule has 0 aliphatic rings. The molecule has 0 aromatic rings. The molecule has 0 unspecified atom stereocenters. The van der Waals surface area contributed by atoms with E-state index < -0.39 is 19.7 Å². The third kappa shape index (κ3) is 5.38. The Labute approximate surface area is 76.0 Å². The molecule has 0 rings (SSSR count). The van der Waals surface area contributed by atoms with Crippen molar-refractivity contribution in [2.75, 3.05) is 0 Å². The topological polar surface area (TPSA) is 95.7 Å². The van der Waals surface area contributed by atoms with E-state index in [-0.39, 0.29) is 12.8 Å². The fourth-order valence-electron chi connectivity index (χ4n) is 0.432. The second kappa shape index (κ2) is 4.99. The molecule has 0 aromatic heterocycles. The van der Waals surface area contributed by atoms with Crippen LogP contribution in [0, 0.1) is 0 Å². The van der Waals surface area contributed by atoms with Gasteiger partial charge < -0.3 is 9.05 Å². The molecule has 0 aromatic carbocycles. The van der Waals surface area contributed by atoms with Gasteiger partial charge in [0.15, 0.2) is 0 Å². The quantitative estimate of drug-likeness (QED) is 0.692.